The lowest BCUT2D eigenvalue weighted by Gasteiger charge is -2.10. The highest BCUT2D eigenvalue weighted by atomic mass is 79.9. The molecule has 74 valence electrons. The summed E-state index contributed by atoms with van der Waals surface area (Å²) in [4.78, 5) is 15.1. The molecule has 1 aromatic rings. The van der Waals surface area contributed by atoms with Gasteiger partial charge in [0.25, 0.3) is 0 Å². The molecule has 0 bridgehead atoms. The first-order valence-corrected chi connectivity index (χ1v) is 5.27. The summed E-state index contributed by atoms with van der Waals surface area (Å²) in [6.45, 7) is 1.43. The molecule has 0 radical (unpaired) electrons. The maximum absolute atomic E-state index is 10.8. The van der Waals surface area contributed by atoms with Crippen molar-refractivity contribution in [3.05, 3.63) is 28.0 Å². The van der Waals surface area contributed by atoms with Crippen molar-refractivity contribution in [1.29, 1.82) is 0 Å². The van der Waals surface area contributed by atoms with E-state index in [9.17, 15) is 4.79 Å². The first-order chi connectivity index (χ1) is 6.66. The summed E-state index contributed by atoms with van der Waals surface area (Å²) in [6, 6.07) is 2.03. The van der Waals surface area contributed by atoms with Gasteiger partial charge in [-0.2, -0.15) is 0 Å². The molecule has 0 aliphatic heterocycles. The van der Waals surface area contributed by atoms with Crippen LogP contribution < -0.4 is 0 Å². The Morgan fingerprint density at radius 3 is 3.21 bits per heavy atom. The van der Waals surface area contributed by atoms with Crippen LogP contribution in [0.15, 0.2) is 16.7 Å². The second kappa shape index (κ2) is 3.69. The van der Waals surface area contributed by atoms with Gasteiger partial charge in [-0.1, -0.05) is 0 Å². The molecule has 3 nitrogen and oxygen atoms in total. The Kier molecular flexibility index (Phi) is 2.54. The molecule has 0 N–H and O–H groups in total. The molecule has 1 aromatic heterocycles. The quantitative estimate of drug-likeness (QED) is 0.724. The average Bonchev–Trinajstić information content (AvgIpc) is 2.47. The Hall–Kier alpha value is -0.900. The smallest absolute Gasteiger partial charge is 0.303 e. The van der Waals surface area contributed by atoms with Crippen LogP contribution in [0.1, 0.15) is 30.7 Å². The Morgan fingerprint density at radius 1 is 1.71 bits per heavy atom. The van der Waals surface area contributed by atoms with E-state index < -0.39 is 0 Å². The molecule has 0 saturated heterocycles. The molecular formula is C10H10BrNO2. The number of pyridine rings is 1. The highest BCUT2D eigenvalue weighted by molar-refractivity contribution is 9.10. The van der Waals surface area contributed by atoms with E-state index in [1.807, 2.05) is 6.07 Å². The standard InChI is InChI=1S/C10H10BrNO2/c1-6(13)14-9-3-2-7-4-8(11)5-12-10(7)9/h4-5,9H,2-3H2,1H3. The van der Waals surface area contributed by atoms with Crippen LogP contribution in [-0.2, 0) is 16.0 Å². The van der Waals surface area contributed by atoms with Gasteiger partial charge in [0.05, 0.1) is 5.69 Å². The molecule has 14 heavy (non-hydrogen) atoms. The molecule has 1 heterocycles. The van der Waals surface area contributed by atoms with Crippen molar-refractivity contribution >= 4 is 21.9 Å². The third-order valence-electron chi connectivity index (χ3n) is 2.26. The minimum Gasteiger partial charge on any atom is -0.456 e. The molecular weight excluding hydrogens is 246 g/mol. The van der Waals surface area contributed by atoms with E-state index >= 15 is 0 Å². The minimum absolute atomic E-state index is 0.143. The second-order valence-corrected chi connectivity index (χ2v) is 4.25. The van der Waals surface area contributed by atoms with E-state index in [2.05, 4.69) is 20.9 Å². The highest BCUT2D eigenvalue weighted by Crippen LogP contribution is 2.33. The van der Waals surface area contributed by atoms with Gasteiger partial charge in [-0.05, 0) is 40.4 Å². The predicted octanol–water partition coefficient (Wildman–Crippen LogP) is 2.39. The van der Waals surface area contributed by atoms with Gasteiger partial charge in [-0.25, -0.2) is 0 Å². The summed E-state index contributed by atoms with van der Waals surface area (Å²) in [5, 5.41) is 0. The maximum Gasteiger partial charge on any atom is 0.303 e. The predicted molar refractivity (Wildman–Crippen MR) is 54.8 cm³/mol. The van der Waals surface area contributed by atoms with Gasteiger partial charge in [0.2, 0.25) is 0 Å². The fourth-order valence-electron chi connectivity index (χ4n) is 1.72. The average molecular weight is 256 g/mol. The number of carbonyl (C=O) groups is 1. The largest absolute Gasteiger partial charge is 0.456 e. The summed E-state index contributed by atoms with van der Waals surface area (Å²) in [5.74, 6) is -0.243. The van der Waals surface area contributed by atoms with Gasteiger partial charge in [-0.3, -0.25) is 9.78 Å². The fourth-order valence-corrected chi connectivity index (χ4v) is 2.10. The molecule has 0 spiro atoms. The van der Waals surface area contributed by atoms with Gasteiger partial charge < -0.3 is 4.74 Å². The zero-order valence-corrected chi connectivity index (χ0v) is 9.37. The first kappa shape index (κ1) is 9.65. The summed E-state index contributed by atoms with van der Waals surface area (Å²) in [5.41, 5.74) is 2.08. The summed E-state index contributed by atoms with van der Waals surface area (Å²) >= 11 is 3.37. The van der Waals surface area contributed by atoms with E-state index in [4.69, 9.17) is 4.74 Å². The van der Waals surface area contributed by atoms with Gasteiger partial charge in [-0.15, -0.1) is 0 Å². The zero-order valence-electron chi connectivity index (χ0n) is 7.79. The molecule has 4 heteroatoms. The number of esters is 1. The summed E-state index contributed by atoms with van der Waals surface area (Å²) in [6.07, 6.45) is 3.37. The van der Waals surface area contributed by atoms with E-state index in [1.165, 1.54) is 12.5 Å². The molecule has 1 aliphatic rings. The number of fused-ring (bicyclic) bond motifs is 1. The molecule has 0 aromatic carbocycles. The van der Waals surface area contributed by atoms with Crippen LogP contribution in [0, 0.1) is 0 Å². The number of hydrogen-bond acceptors (Lipinski definition) is 3. The molecule has 1 aliphatic carbocycles. The van der Waals surface area contributed by atoms with Crippen LogP contribution in [-0.4, -0.2) is 11.0 Å². The third kappa shape index (κ3) is 1.80. The van der Waals surface area contributed by atoms with Crippen molar-refractivity contribution in [2.24, 2.45) is 0 Å². The number of aromatic nitrogens is 1. The summed E-state index contributed by atoms with van der Waals surface area (Å²) < 4.78 is 6.13. The number of aryl methyl sites for hydroxylation is 1. The SMILES string of the molecule is CC(=O)OC1CCc2cc(Br)cnc21. The Bertz CT molecular complexity index is 378. The topological polar surface area (TPSA) is 39.2 Å². The van der Waals surface area contributed by atoms with Gasteiger partial charge in [0, 0.05) is 17.6 Å². The number of carbonyl (C=O) groups excluding carboxylic acids is 1. The lowest BCUT2D eigenvalue weighted by atomic mass is 10.2. The minimum atomic E-state index is -0.243. The Balaban J connectivity index is 2.26. The fraction of sp³-hybridized carbons (Fsp3) is 0.400. The van der Waals surface area contributed by atoms with E-state index in [1.54, 1.807) is 6.20 Å². The van der Waals surface area contributed by atoms with Crippen LogP contribution in [0.2, 0.25) is 0 Å². The van der Waals surface area contributed by atoms with Gasteiger partial charge in [0.15, 0.2) is 0 Å². The van der Waals surface area contributed by atoms with E-state index in [-0.39, 0.29) is 12.1 Å². The van der Waals surface area contributed by atoms with Crippen molar-refractivity contribution in [1.82, 2.24) is 4.98 Å². The lowest BCUT2D eigenvalue weighted by molar-refractivity contribution is -0.146. The summed E-state index contributed by atoms with van der Waals surface area (Å²) in [7, 11) is 0. The number of halogens is 1. The highest BCUT2D eigenvalue weighted by Gasteiger charge is 2.26. The molecule has 0 fully saturated rings. The van der Waals surface area contributed by atoms with Crippen molar-refractivity contribution in [3.8, 4) is 0 Å². The van der Waals surface area contributed by atoms with Crippen molar-refractivity contribution in [3.63, 3.8) is 0 Å². The molecule has 0 amide bonds. The van der Waals surface area contributed by atoms with Crippen LogP contribution in [0.25, 0.3) is 0 Å². The number of rotatable bonds is 1. The molecule has 0 saturated carbocycles. The van der Waals surface area contributed by atoms with E-state index in [0.717, 1.165) is 23.0 Å². The normalized spacial score (nSPS) is 19.1. The van der Waals surface area contributed by atoms with Crippen LogP contribution in [0.5, 0.6) is 0 Å². The monoisotopic (exact) mass is 255 g/mol. The molecule has 1 atom stereocenters. The Morgan fingerprint density at radius 2 is 2.50 bits per heavy atom. The number of ether oxygens (including phenoxy) is 1. The van der Waals surface area contributed by atoms with Crippen LogP contribution in [0.4, 0.5) is 0 Å². The zero-order chi connectivity index (χ0) is 10.1. The van der Waals surface area contributed by atoms with Crippen molar-refractivity contribution in [2.45, 2.75) is 25.9 Å². The second-order valence-electron chi connectivity index (χ2n) is 3.33. The van der Waals surface area contributed by atoms with Gasteiger partial charge >= 0.3 is 5.97 Å². The van der Waals surface area contributed by atoms with Crippen molar-refractivity contribution < 1.29 is 9.53 Å². The van der Waals surface area contributed by atoms with Crippen LogP contribution in [0.3, 0.4) is 0 Å². The van der Waals surface area contributed by atoms with Crippen LogP contribution >= 0.6 is 15.9 Å². The Labute approximate surface area is 90.6 Å². The van der Waals surface area contributed by atoms with Gasteiger partial charge in [0.1, 0.15) is 6.10 Å². The molecule has 2 rings (SSSR count). The maximum atomic E-state index is 10.8. The lowest BCUT2D eigenvalue weighted by Crippen LogP contribution is -2.06. The number of nitrogens with zero attached hydrogens (tertiary/aromatic N) is 1. The van der Waals surface area contributed by atoms with Crippen molar-refractivity contribution in [2.75, 3.05) is 0 Å². The number of hydrogen-bond donors (Lipinski definition) is 0. The van der Waals surface area contributed by atoms with E-state index in [0.29, 0.717) is 0 Å². The first-order valence-electron chi connectivity index (χ1n) is 4.48. The third-order valence-corrected chi connectivity index (χ3v) is 2.69. The molecule has 1 unspecified atom stereocenters.